The first-order chi connectivity index (χ1) is 13.4. The number of fused-ring (bicyclic) bond motifs is 1. The average molecular weight is 397 g/mol. The van der Waals surface area contributed by atoms with Gasteiger partial charge in [-0.15, -0.1) is 11.3 Å². The van der Waals surface area contributed by atoms with Crippen LogP contribution in [0.15, 0.2) is 40.8 Å². The molecule has 1 aromatic carbocycles. The molecular formula is C18H16FN7OS. The Labute approximate surface area is 163 Å². The van der Waals surface area contributed by atoms with E-state index in [0.717, 1.165) is 11.1 Å². The highest BCUT2D eigenvalue weighted by atomic mass is 32.1. The van der Waals surface area contributed by atoms with Gasteiger partial charge in [0, 0.05) is 25.0 Å². The normalized spacial score (nSPS) is 11.1. The molecule has 8 nitrogen and oxygen atoms in total. The topological polar surface area (TPSA) is 103 Å². The first-order valence-electron chi connectivity index (χ1n) is 8.32. The van der Waals surface area contributed by atoms with Gasteiger partial charge >= 0.3 is 0 Å². The molecule has 0 aliphatic carbocycles. The molecule has 0 amide bonds. The van der Waals surface area contributed by atoms with Gasteiger partial charge in [0.25, 0.3) is 5.56 Å². The maximum Gasteiger partial charge on any atom is 0.263 e. The van der Waals surface area contributed by atoms with Crippen LogP contribution in [-0.2, 0) is 6.54 Å². The number of hydrogen-bond acceptors (Lipinski definition) is 8. The van der Waals surface area contributed by atoms with Crippen LogP contribution in [0.4, 0.5) is 16.3 Å². The van der Waals surface area contributed by atoms with E-state index >= 15 is 0 Å². The quantitative estimate of drug-likeness (QED) is 0.563. The van der Waals surface area contributed by atoms with Gasteiger partial charge in [-0.2, -0.15) is 15.0 Å². The second-order valence-electron chi connectivity index (χ2n) is 6.32. The van der Waals surface area contributed by atoms with Gasteiger partial charge in [-0.25, -0.2) is 9.37 Å². The van der Waals surface area contributed by atoms with Crippen LogP contribution in [0.5, 0.6) is 0 Å². The molecular weight excluding hydrogens is 381 g/mol. The summed E-state index contributed by atoms with van der Waals surface area (Å²) in [5.74, 6) is 0.520. The molecule has 10 heteroatoms. The Bertz CT molecular complexity index is 1220. The molecule has 0 aliphatic heterocycles. The van der Waals surface area contributed by atoms with Gasteiger partial charge in [0.05, 0.1) is 18.3 Å². The Hall–Kier alpha value is -3.40. The fourth-order valence-electron chi connectivity index (χ4n) is 2.77. The third kappa shape index (κ3) is 3.29. The third-order valence-corrected chi connectivity index (χ3v) is 5.00. The highest BCUT2D eigenvalue weighted by Crippen LogP contribution is 2.30. The fraction of sp³-hybridized carbons (Fsp3) is 0.167. The summed E-state index contributed by atoms with van der Waals surface area (Å²) < 4.78 is 14.7. The molecule has 3 heterocycles. The van der Waals surface area contributed by atoms with Gasteiger partial charge in [-0.1, -0.05) is 12.1 Å². The standard InChI is InChI=1S/C18H16FN7OS/c1-25(2)18-23-13(22-17(20)24-18)7-26-9-21-15-14(16(26)27)12(8-28-15)10-3-5-11(19)6-4-10/h3-6,8-9H,7H2,1-2H3,(H2,20,22,23,24). The minimum Gasteiger partial charge on any atom is -0.368 e. The van der Waals surface area contributed by atoms with Crippen LogP contribution in [0.25, 0.3) is 21.3 Å². The monoisotopic (exact) mass is 397 g/mol. The number of halogens is 1. The first kappa shape index (κ1) is 18.0. The predicted molar refractivity (Wildman–Crippen MR) is 107 cm³/mol. The summed E-state index contributed by atoms with van der Waals surface area (Å²) >= 11 is 1.36. The maximum atomic E-state index is 13.2. The van der Waals surface area contributed by atoms with Crippen LogP contribution < -0.4 is 16.2 Å². The smallest absolute Gasteiger partial charge is 0.263 e. The third-order valence-electron chi connectivity index (χ3n) is 4.11. The molecule has 0 saturated heterocycles. The maximum absolute atomic E-state index is 13.2. The van der Waals surface area contributed by atoms with Crippen LogP contribution in [0.3, 0.4) is 0 Å². The van der Waals surface area contributed by atoms with Crippen molar-refractivity contribution >= 4 is 33.5 Å². The van der Waals surface area contributed by atoms with Gasteiger partial charge in [-0.3, -0.25) is 9.36 Å². The van der Waals surface area contributed by atoms with Crippen LogP contribution in [0, 0.1) is 5.82 Å². The summed E-state index contributed by atoms with van der Waals surface area (Å²) in [5, 5.41) is 2.33. The van der Waals surface area contributed by atoms with E-state index < -0.39 is 0 Å². The number of hydrogen-bond donors (Lipinski definition) is 1. The number of benzene rings is 1. The Morgan fingerprint density at radius 2 is 1.93 bits per heavy atom. The summed E-state index contributed by atoms with van der Waals surface area (Å²) in [6.45, 7) is 0.105. The zero-order chi connectivity index (χ0) is 19.8. The highest BCUT2D eigenvalue weighted by Gasteiger charge is 2.15. The summed E-state index contributed by atoms with van der Waals surface area (Å²) in [6.07, 6.45) is 1.46. The molecule has 0 atom stereocenters. The molecule has 28 heavy (non-hydrogen) atoms. The SMILES string of the molecule is CN(C)c1nc(N)nc(Cn2cnc3scc(-c4ccc(F)cc4)c3c2=O)n1. The molecule has 0 saturated carbocycles. The van der Waals surface area contributed by atoms with Crippen molar-refractivity contribution in [1.29, 1.82) is 0 Å². The van der Waals surface area contributed by atoms with Gasteiger partial charge in [0.1, 0.15) is 10.6 Å². The van der Waals surface area contributed by atoms with Gasteiger partial charge in [0.2, 0.25) is 11.9 Å². The molecule has 0 aliphatic rings. The molecule has 0 radical (unpaired) electrons. The molecule has 4 aromatic rings. The van der Waals surface area contributed by atoms with Crippen LogP contribution in [0.2, 0.25) is 0 Å². The molecule has 0 fully saturated rings. The number of thiophene rings is 1. The zero-order valence-corrected chi connectivity index (χ0v) is 15.9. The lowest BCUT2D eigenvalue weighted by atomic mass is 10.1. The van der Waals surface area contributed by atoms with Crippen molar-refractivity contribution in [3.8, 4) is 11.1 Å². The number of aromatic nitrogens is 5. The number of nitrogens with zero attached hydrogens (tertiary/aromatic N) is 6. The molecule has 0 unspecified atom stereocenters. The van der Waals surface area contributed by atoms with Crippen molar-refractivity contribution in [3.05, 3.63) is 58.0 Å². The number of nitrogen functional groups attached to an aromatic ring is 1. The van der Waals surface area contributed by atoms with Crippen molar-refractivity contribution < 1.29 is 4.39 Å². The Kier molecular flexibility index (Phi) is 4.47. The van der Waals surface area contributed by atoms with E-state index in [-0.39, 0.29) is 23.9 Å². The molecule has 3 aromatic heterocycles. The van der Waals surface area contributed by atoms with Crippen molar-refractivity contribution in [2.45, 2.75) is 6.54 Å². The number of rotatable bonds is 4. The first-order valence-corrected chi connectivity index (χ1v) is 9.20. The van der Waals surface area contributed by atoms with E-state index in [2.05, 4.69) is 19.9 Å². The van der Waals surface area contributed by atoms with Crippen molar-refractivity contribution in [2.75, 3.05) is 24.7 Å². The van der Waals surface area contributed by atoms with Crippen LogP contribution in [0.1, 0.15) is 5.82 Å². The lowest BCUT2D eigenvalue weighted by Crippen LogP contribution is -2.23. The van der Waals surface area contributed by atoms with Crippen LogP contribution in [-0.4, -0.2) is 38.6 Å². The summed E-state index contributed by atoms with van der Waals surface area (Å²) in [6, 6.07) is 6.02. The van der Waals surface area contributed by atoms with E-state index in [4.69, 9.17) is 5.73 Å². The molecule has 2 N–H and O–H groups in total. The molecule has 0 spiro atoms. The lowest BCUT2D eigenvalue weighted by molar-refractivity contribution is 0.628. The van der Waals surface area contributed by atoms with E-state index in [9.17, 15) is 9.18 Å². The van der Waals surface area contributed by atoms with Crippen LogP contribution >= 0.6 is 11.3 Å². The highest BCUT2D eigenvalue weighted by molar-refractivity contribution is 7.17. The Morgan fingerprint density at radius 3 is 2.64 bits per heavy atom. The lowest BCUT2D eigenvalue weighted by Gasteiger charge is -2.12. The Morgan fingerprint density at radius 1 is 1.18 bits per heavy atom. The molecule has 142 valence electrons. The average Bonchev–Trinajstić information content (AvgIpc) is 3.09. The summed E-state index contributed by atoms with van der Waals surface area (Å²) in [7, 11) is 3.58. The minimum absolute atomic E-state index is 0.0818. The van der Waals surface area contributed by atoms with E-state index in [1.54, 1.807) is 31.1 Å². The predicted octanol–water partition coefficient (Wildman–Crippen LogP) is 2.15. The van der Waals surface area contributed by atoms with Crippen molar-refractivity contribution in [3.63, 3.8) is 0 Å². The second-order valence-corrected chi connectivity index (χ2v) is 7.18. The number of anilines is 2. The van der Waals surface area contributed by atoms with E-state index in [1.807, 2.05) is 5.38 Å². The van der Waals surface area contributed by atoms with Crippen molar-refractivity contribution in [2.24, 2.45) is 0 Å². The van der Waals surface area contributed by atoms with Gasteiger partial charge in [0.15, 0.2) is 5.82 Å². The number of nitrogens with two attached hydrogens (primary N) is 1. The largest absolute Gasteiger partial charge is 0.368 e. The summed E-state index contributed by atoms with van der Waals surface area (Å²) in [5.41, 5.74) is 7.00. The summed E-state index contributed by atoms with van der Waals surface area (Å²) in [4.78, 5) is 32.3. The van der Waals surface area contributed by atoms with E-state index in [0.29, 0.717) is 22.0 Å². The zero-order valence-electron chi connectivity index (χ0n) is 15.1. The fourth-order valence-corrected chi connectivity index (χ4v) is 3.68. The van der Waals surface area contributed by atoms with E-state index in [1.165, 1.54) is 34.4 Å². The molecule has 0 bridgehead atoms. The Balaban J connectivity index is 1.79. The second kappa shape index (κ2) is 6.97. The molecule has 4 rings (SSSR count). The van der Waals surface area contributed by atoms with Gasteiger partial charge < -0.3 is 10.6 Å². The van der Waals surface area contributed by atoms with Gasteiger partial charge in [-0.05, 0) is 17.7 Å². The minimum atomic E-state index is -0.331. The van der Waals surface area contributed by atoms with Crippen molar-refractivity contribution in [1.82, 2.24) is 24.5 Å².